The monoisotopic (exact) mass is 469 g/mol. The van der Waals surface area contributed by atoms with Gasteiger partial charge in [-0.15, -0.1) is 0 Å². The molecule has 3 aromatic rings. The Labute approximate surface area is 197 Å². The number of hydrogen-bond acceptors (Lipinski definition) is 4. The van der Waals surface area contributed by atoms with Crippen molar-refractivity contribution in [1.29, 1.82) is 0 Å². The van der Waals surface area contributed by atoms with E-state index in [1.54, 1.807) is 32.4 Å². The van der Waals surface area contributed by atoms with Gasteiger partial charge in [0.1, 0.15) is 5.82 Å². The number of rotatable bonds is 6. The van der Waals surface area contributed by atoms with Gasteiger partial charge in [-0.25, -0.2) is 4.39 Å². The van der Waals surface area contributed by atoms with Crippen molar-refractivity contribution in [2.24, 2.45) is 0 Å². The van der Waals surface area contributed by atoms with Crippen molar-refractivity contribution in [3.05, 3.63) is 64.2 Å². The minimum atomic E-state index is -0.301. The van der Waals surface area contributed by atoms with Crippen LogP contribution in [0.25, 0.3) is 10.9 Å². The van der Waals surface area contributed by atoms with Crippen molar-refractivity contribution in [3.63, 3.8) is 0 Å². The molecule has 0 saturated heterocycles. The van der Waals surface area contributed by atoms with Gasteiger partial charge >= 0.3 is 0 Å². The van der Waals surface area contributed by atoms with Gasteiger partial charge in [-0.2, -0.15) is 0 Å². The van der Waals surface area contributed by atoms with E-state index in [4.69, 9.17) is 21.7 Å². The third-order valence-corrected chi connectivity index (χ3v) is 6.47. The normalized spacial score (nSPS) is 14.2. The minimum absolute atomic E-state index is 0.167. The molecule has 1 saturated carbocycles. The first-order valence-corrected chi connectivity index (χ1v) is 11.5. The van der Waals surface area contributed by atoms with Crippen LogP contribution >= 0.6 is 12.2 Å². The van der Waals surface area contributed by atoms with Gasteiger partial charge in [0.05, 0.1) is 26.3 Å². The zero-order valence-electron chi connectivity index (χ0n) is 18.8. The van der Waals surface area contributed by atoms with Crippen LogP contribution in [-0.2, 0) is 6.54 Å². The molecular weight excluding hydrogens is 441 g/mol. The van der Waals surface area contributed by atoms with E-state index in [9.17, 15) is 9.18 Å². The van der Waals surface area contributed by atoms with E-state index in [1.165, 1.54) is 18.6 Å². The van der Waals surface area contributed by atoms with Crippen molar-refractivity contribution in [2.45, 2.75) is 44.7 Å². The predicted octanol–water partition coefficient (Wildman–Crippen LogP) is 5.22. The van der Waals surface area contributed by atoms with Gasteiger partial charge in [-0.05, 0) is 61.5 Å². The topological polar surface area (TPSA) is 66.6 Å². The Morgan fingerprint density at radius 2 is 1.76 bits per heavy atom. The molecule has 33 heavy (non-hydrogen) atoms. The number of thiocarbonyl (C=S) groups is 1. The summed E-state index contributed by atoms with van der Waals surface area (Å²) in [5, 5.41) is 4.60. The zero-order chi connectivity index (χ0) is 23.4. The first-order chi connectivity index (χ1) is 16.0. The number of fused-ring (bicyclic) bond motifs is 1. The highest BCUT2D eigenvalue weighted by Gasteiger charge is 2.25. The number of benzene rings is 2. The molecule has 2 N–H and O–H groups in total. The summed E-state index contributed by atoms with van der Waals surface area (Å²) in [6, 6.07) is 11.8. The fourth-order valence-electron chi connectivity index (χ4n) is 4.37. The maximum Gasteiger partial charge on any atom is 0.253 e. The molecule has 0 radical (unpaired) electrons. The number of nitrogens with one attached hydrogen (secondary N) is 2. The summed E-state index contributed by atoms with van der Waals surface area (Å²) in [7, 11) is 3.15. The second kappa shape index (κ2) is 10.2. The van der Waals surface area contributed by atoms with Gasteiger partial charge in [-0.3, -0.25) is 4.79 Å². The molecule has 1 fully saturated rings. The van der Waals surface area contributed by atoms with E-state index in [-0.39, 0.29) is 17.4 Å². The first-order valence-electron chi connectivity index (χ1n) is 11.1. The van der Waals surface area contributed by atoms with Gasteiger partial charge in [-0.1, -0.05) is 19.3 Å². The molecule has 4 rings (SSSR count). The molecule has 1 heterocycles. The maximum atomic E-state index is 13.3. The predicted molar refractivity (Wildman–Crippen MR) is 133 cm³/mol. The largest absolute Gasteiger partial charge is 0.493 e. The summed E-state index contributed by atoms with van der Waals surface area (Å²) < 4.78 is 24.1. The van der Waals surface area contributed by atoms with Crippen molar-refractivity contribution in [3.8, 4) is 11.5 Å². The Balaban J connectivity index is 1.65. The second-order valence-corrected chi connectivity index (χ2v) is 8.66. The molecule has 0 atom stereocenters. The van der Waals surface area contributed by atoms with Crippen LogP contribution in [0.5, 0.6) is 11.5 Å². The number of anilines is 1. The lowest BCUT2D eigenvalue weighted by Gasteiger charge is -2.36. The molecular formula is C25H28FN3O3S. The van der Waals surface area contributed by atoms with Crippen molar-refractivity contribution >= 4 is 33.9 Å². The lowest BCUT2D eigenvalue weighted by atomic mass is 9.94. The van der Waals surface area contributed by atoms with Gasteiger partial charge in [0.25, 0.3) is 5.56 Å². The Morgan fingerprint density at radius 3 is 2.42 bits per heavy atom. The highest BCUT2D eigenvalue weighted by atomic mass is 32.1. The number of methoxy groups -OCH3 is 2. The molecule has 1 aromatic heterocycles. The molecule has 8 heteroatoms. The number of halogens is 1. The average molecular weight is 470 g/mol. The molecule has 2 aromatic carbocycles. The van der Waals surface area contributed by atoms with Gasteiger partial charge < -0.3 is 24.7 Å². The summed E-state index contributed by atoms with van der Waals surface area (Å²) >= 11 is 5.75. The van der Waals surface area contributed by atoms with Crippen LogP contribution < -0.4 is 20.3 Å². The fraction of sp³-hybridized carbons (Fsp3) is 0.360. The van der Waals surface area contributed by atoms with Crippen LogP contribution in [0.15, 0.2) is 47.3 Å². The number of H-pyrrole nitrogens is 1. The number of nitrogens with zero attached hydrogens (tertiary/aromatic N) is 1. The summed E-state index contributed by atoms with van der Waals surface area (Å²) in [4.78, 5) is 18.0. The molecule has 1 aliphatic rings. The smallest absolute Gasteiger partial charge is 0.253 e. The number of ether oxygens (including phenoxy) is 2. The lowest BCUT2D eigenvalue weighted by molar-refractivity contribution is 0.240. The van der Waals surface area contributed by atoms with Gasteiger partial charge in [0.15, 0.2) is 16.6 Å². The van der Waals surface area contributed by atoms with E-state index in [0.29, 0.717) is 39.9 Å². The van der Waals surface area contributed by atoms with Crippen LogP contribution in [0.1, 0.15) is 37.7 Å². The molecule has 1 aliphatic carbocycles. The Kier molecular flexibility index (Phi) is 7.13. The molecule has 0 unspecified atom stereocenters. The van der Waals surface area contributed by atoms with Crippen LogP contribution in [0.3, 0.4) is 0 Å². The molecule has 6 nitrogen and oxygen atoms in total. The molecule has 0 amide bonds. The number of aromatic nitrogens is 1. The quantitative estimate of drug-likeness (QED) is 0.483. The number of hydrogen-bond donors (Lipinski definition) is 2. The SMILES string of the molecule is COc1cc2cc(CN(C(=S)Nc3ccc(F)cc3)C3CCCCC3)c(=O)[nH]c2cc1OC. The van der Waals surface area contributed by atoms with Crippen LogP contribution in [0.2, 0.25) is 0 Å². The Bertz CT molecular complexity index is 1190. The zero-order valence-corrected chi connectivity index (χ0v) is 19.6. The van der Waals surface area contributed by atoms with Crippen LogP contribution in [0, 0.1) is 5.82 Å². The van der Waals surface area contributed by atoms with E-state index < -0.39 is 0 Å². The summed E-state index contributed by atoms with van der Waals surface area (Å²) in [5.74, 6) is 0.855. The first kappa shape index (κ1) is 23.0. The van der Waals surface area contributed by atoms with Crippen molar-refractivity contribution < 1.29 is 13.9 Å². The summed E-state index contributed by atoms with van der Waals surface area (Å²) in [6.45, 7) is 0.372. The lowest BCUT2D eigenvalue weighted by Crippen LogP contribution is -2.44. The van der Waals surface area contributed by atoms with E-state index >= 15 is 0 Å². The van der Waals surface area contributed by atoms with Crippen LogP contribution in [0.4, 0.5) is 10.1 Å². The molecule has 0 spiro atoms. The molecule has 0 aliphatic heterocycles. The maximum absolute atomic E-state index is 13.3. The van der Waals surface area contributed by atoms with Gasteiger partial charge in [0.2, 0.25) is 0 Å². The fourth-order valence-corrected chi connectivity index (χ4v) is 4.70. The summed E-state index contributed by atoms with van der Waals surface area (Å²) in [6.07, 6.45) is 5.50. The number of aromatic amines is 1. The van der Waals surface area contributed by atoms with Gasteiger partial charge in [0, 0.05) is 28.7 Å². The molecule has 0 bridgehead atoms. The summed E-state index contributed by atoms with van der Waals surface area (Å²) in [5.41, 5.74) is 1.84. The highest BCUT2D eigenvalue weighted by Crippen LogP contribution is 2.31. The standard InChI is InChI=1S/C25H28FN3O3S/c1-31-22-13-16-12-17(24(30)28-21(16)14-23(22)32-2)15-29(20-6-4-3-5-7-20)25(33)27-19-10-8-18(26)9-11-19/h8-14,20H,3-7,15H2,1-2H3,(H,27,33)(H,28,30). The number of pyridine rings is 1. The van der Waals surface area contributed by atoms with E-state index in [2.05, 4.69) is 15.2 Å². The van der Waals surface area contributed by atoms with Crippen molar-refractivity contribution in [2.75, 3.05) is 19.5 Å². The Hall–Kier alpha value is -3.13. The Morgan fingerprint density at radius 1 is 1.09 bits per heavy atom. The minimum Gasteiger partial charge on any atom is -0.493 e. The highest BCUT2D eigenvalue weighted by molar-refractivity contribution is 7.80. The third-order valence-electron chi connectivity index (χ3n) is 6.14. The van der Waals surface area contributed by atoms with Crippen molar-refractivity contribution in [1.82, 2.24) is 9.88 Å². The third kappa shape index (κ3) is 5.27. The second-order valence-electron chi connectivity index (χ2n) is 8.27. The molecule has 174 valence electrons. The van der Waals surface area contributed by atoms with Crippen LogP contribution in [-0.4, -0.2) is 35.3 Å². The van der Waals surface area contributed by atoms with E-state index in [1.807, 2.05) is 12.1 Å². The van der Waals surface area contributed by atoms with E-state index in [0.717, 1.165) is 31.1 Å². The average Bonchev–Trinajstić information content (AvgIpc) is 2.83.